The van der Waals surface area contributed by atoms with Crippen LogP contribution in [0.3, 0.4) is 0 Å². The first kappa shape index (κ1) is 6.50. The van der Waals surface area contributed by atoms with E-state index in [1.165, 1.54) is 6.20 Å². The van der Waals surface area contributed by atoms with Crippen LogP contribution in [0, 0.1) is 12.3 Å². The molecule has 1 heterocycles. The molecule has 0 fully saturated rings. The van der Waals surface area contributed by atoms with Crippen molar-refractivity contribution in [2.24, 2.45) is 0 Å². The summed E-state index contributed by atoms with van der Waals surface area (Å²) in [6.07, 6.45) is 7.91. The summed E-state index contributed by atoms with van der Waals surface area (Å²) in [5, 5.41) is 0. The van der Waals surface area contributed by atoms with Gasteiger partial charge in [-0.05, 0) is 18.1 Å². The normalized spacial score (nSPS) is 8.30. The Hall–Kier alpha value is -1.62. The maximum atomic E-state index is 10.7. The first-order valence-electron chi connectivity index (χ1n) is 2.75. The van der Waals surface area contributed by atoms with Gasteiger partial charge in [0.25, 0.3) is 0 Å². The summed E-state index contributed by atoms with van der Waals surface area (Å²) in [6, 6.07) is 3.31. The van der Waals surface area contributed by atoms with E-state index in [1.54, 1.807) is 18.3 Å². The summed E-state index contributed by atoms with van der Waals surface area (Å²) in [5.41, 5.74) is 0.463. The van der Waals surface area contributed by atoms with Gasteiger partial charge in [-0.25, -0.2) is 0 Å². The molecule has 10 heavy (non-hydrogen) atoms. The number of carbonyl (C=O) groups is 1. The topological polar surface area (TPSA) is 30.0 Å². The van der Waals surface area contributed by atoms with Crippen molar-refractivity contribution < 1.29 is 4.79 Å². The lowest BCUT2D eigenvalue weighted by atomic mass is 10.2. The number of pyridine rings is 1. The lowest BCUT2D eigenvalue weighted by molar-refractivity contribution is 0.105. The average molecular weight is 131 g/mol. The van der Waals surface area contributed by atoms with Crippen molar-refractivity contribution in [2.75, 3.05) is 0 Å². The van der Waals surface area contributed by atoms with Crippen molar-refractivity contribution in [3.63, 3.8) is 0 Å². The molecule has 0 bridgehead atoms. The predicted octanol–water partition coefficient (Wildman–Crippen LogP) is 0.897. The highest BCUT2D eigenvalue weighted by Gasteiger charge is 1.97. The molecule has 48 valence electrons. The van der Waals surface area contributed by atoms with Crippen molar-refractivity contribution in [3.8, 4) is 12.3 Å². The van der Waals surface area contributed by atoms with Crippen LogP contribution in [0.2, 0.25) is 0 Å². The molecule has 0 aliphatic carbocycles. The lowest BCUT2D eigenvalue weighted by Crippen LogP contribution is -1.93. The first-order chi connectivity index (χ1) is 4.84. The Balaban J connectivity index is 2.99. The predicted molar refractivity (Wildman–Crippen MR) is 37.4 cm³/mol. The number of aromatic nitrogens is 1. The molecule has 0 aromatic carbocycles. The molecule has 0 radical (unpaired) electrons. The van der Waals surface area contributed by atoms with Crippen LogP contribution in [0.5, 0.6) is 0 Å². The SMILES string of the molecule is C#CC(=O)c1cccnc1. The summed E-state index contributed by atoms with van der Waals surface area (Å²) in [6.45, 7) is 0. The highest BCUT2D eigenvalue weighted by Crippen LogP contribution is 1.94. The number of hydrogen-bond donors (Lipinski definition) is 0. The summed E-state index contributed by atoms with van der Waals surface area (Å²) < 4.78 is 0. The third-order valence-corrected chi connectivity index (χ3v) is 1.05. The monoisotopic (exact) mass is 131 g/mol. The molecule has 0 aliphatic rings. The summed E-state index contributed by atoms with van der Waals surface area (Å²) >= 11 is 0. The van der Waals surface area contributed by atoms with Gasteiger partial charge in [-0.3, -0.25) is 9.78 Å². The van der Waals surface area contributed by atoms with E-state index in [2.05, 4.69) is 4.98 Å². The van der Waals surface area contributed by atoms with Crippen molar-refractivity contribution in [2.45, 2.75) is 0 Å². The van der Waals surface area contributed by atoms with E-state index in [1.807, 2.05) is 5.92 Å². The molecule has 2 nitrogen and oxygen atoms in total. The molecule has 1 rings (SSSR count). The van der Waals surface area contributed by atoms with Crippen molar-refractivity contribution >= 4 is 5.78 Å². The average Bonchev–Trinajstić information content (AvgIpc) is 2.05. The minimum Gasteiger partial charge on any atom is -0.279 e. The Labute approximate surface area is 58.9 Å². The fourth-order valence-electron chi connectivity index (χ4n) is 0.580. The van der Waals surface area contributed by atoms with Gasteiger partial charge in [0, 0.05) is 18.0 Å². The van der Waals surface area contributed by atoms with Crippen LogP contribution in [0.4, 0.5) is 0 Å². The standard InChI is InChI=1S/C8H5NO/c1-2-8(10)7-4-3-5-9-6-7/h1,3-6H. The molecule has 0 atom stereocenters. The number of terminal acetylenes is 1. The molecule has 2 heteroatoms. The third kappa shape index (κ3) is 1.20. The van der Waals surface area contributed by atoms with Crippen LogP contribution in [0.25, 0.3) is 0 Å². The highest BCUT2D eigenvalue weighted by molar-refractivity contribution is 6.08. The molecule has 0 saturated heterocycles. The maximum absolute atomic E-state index is 10.7. The molecule has 0 unspecified atom stereocenters. The fourth-order valence-corrected chi connectivity index (χ4v) is 0.580. The number of nitrogens with zero attached hydrogens (tertiary/aromatic N) is 1. The molecule has 0 aliphatic heterocycles. The van der Waals surface area contributed by atoms with E-state index < -0.39 is 0 Å². The van der Waals surface area contributed by atoms with Gasteiger partial charge >= 0.3 is 0 Å². The van der Waals surface area contributed by atoms with Gasteiger partial charge in [0.15, 0.2) is 0 Å². The Bertz CT molecular complexity index is 271. The second kappa shape index (κ2) is 2.79. The Morgan fingerprint density at radius 1 is 1.70 bits per heavy atom. The van der Waals surface area contributed by atoms with Gasteiger partial charge in [0.2, 0.25) is 5.78 Å². The highest BCUT2D eigenvalue weighted by atomic mass is 16.1. The van der Waals surface area contributed by atoms with Crippen molar-refractivity contribution in [1.29, 1.82) is 0 Å². The van der Waals surface area contributed by atoms with E-state index >= 15 is 0 Å². The van der Waals surface area contributed by atoms with Crippen LogP contribution in [-0.2, 0) is 0 Å². The molecule has 1 aromatic heterocycles. The fraction of sp³-hybridized carbons (Fsp3) is 0. The number of ketones is 1. The zero-order valence-electron chi connectivity index (χ0n) is 5.24. The van der Waals surface area contributed by atoms with E-state index in [0.29, 0.717) is 5.56 Å². The van der Waals surface area contributed by atoms with Gasteiger partial charge < -0.3 is 0 Å². The third-order valence-electron chi connectivity index (χ3n) is 1.05. The van der Waals surface area contributed by atoms with E-state index in [4.69, 9.17) is 6.42 Å². The van der Waals surface area contributed by atoms with E-state index in [-0.39, 0.29) is 5.78 Å². The van der Waals surface area contributed by atoms with Crippen LogP contribution in [-0.4, -0.2) is 10.8 Å². The van der Waals surface area contributed by atoms with E-state index in [9.17, 15) is 4.79 Å². The molecule has 1 aromatic rings. The van der Waals surface area contributed by atoms with Gasteiger partial charge in [-0.15, -0.1) is 6.42 Å². The van der Waals surface area contributed by atoms with Crippen LogP contribution in [0.15, 0.2) is 24.5 Å². The maximum Gasteiger partial charge on any atom is 0.237 e. The first-order valence-corrected chi connectivity index (χ1v) is 2.75. The van der Waals surface area contributed by atoms with Gasteiger partial charge in [0.1, 0.15) is 0 Å². The van der Waals surface area contributed by atoms with Gasteiger partial charge in [0.05, 0.1) is 0 Å². The Morgan fingerprint density at radius 2 is 2.50 bits per heavy atom. The van der Waals surface area contributed by atoms with Crippen molar-refractivity contribution in [3.05, 3.63) is 30.1 Å². The largest absolute Gasteiger partial charge is 0.279 e. The number of rotatable bonds is 1. The second-order valence-corrected chi connectivity index (χ2v) is 1.72. The lowest BCUT2D eigenvalue weighted by Gasteiger charge is -1.88. The Kier molecular flexibility index (Phi) is 1.81. The molecule has 0 spiro atoms. The number of hydrogen-bond acceptors (Lipinski definition) is 2. The number of Topliss-reactive ketones (excluding diaryl/α,β-unsaturated/α-hetero) is 1. The molecule has 0 N–H and O–H groups in total. The van der Waals surface area contributed by atoms with Crippen LogP contribution < -0.4 is 0 Å². The quantitative estimate of drug-likeness (QED) is 0.322. The van der Waals surface area contributed by atoms with Crippen molar-refractivity contribution in [1.82, 2.24) is 4.98 Å². The molecule has 0 saturated carbocycles. The zero-order valence-corrected chi connectivity index (χ0v) is 5.24. The molecular formula is C8H5NO. The summed E-state index contributed by atoms with van der Waals surface area (Å²) in [5.74, 6) is 1.68. The molecule has 0 amide bonds. The van der Waals surface area contributed by atoms with Gasteiger partial charge in [-0.2, -0.15) is 0 Å². The summed E-state index contributed by atoms with van der Waals surface area (Å²) in [7, 11) is 0. The molecular weight excluding hydrogens is 126 g/mol. The minimum atomic E-state index is -0.326. The summed E-state index contributed by atoms with van der Waals surface area (Å²) in [4.78, 5) is 14.5. The van der Waals surface area contributed by atoms with Gasteiger partial charge in [-0.1, -0.05) is 0 Å². The Morgan fingerprint density at radius 3 is 3.00 bits per heavy atom. The van der Waals surface area contributed by atoms with E-state index in [0.717, 1.165) is 0 Å². The smallest absolute Gasteiger partial charge is 0.237 e. The second-order valence-electron chi connectivity index (χ2n) is 1.72. The van der Waals surface area contributed by atoms with Crippen LogP contribution >= 0.6 is 0 Å². The zero-order chi connectivity index (χ0) is 7.40. The number of carbonyl (C=O) groups excluding carboxylic acids is 1. The minimum absolute atomic E-state index is 0.326. The van der Waals surface area contributed by atoms with Crippen LogP contribution in [0.1, 0.15) is 10.4 Å².